The Morgan fingerprint density at radius 1 is 0.917 bits per heavy atom. The summed E-state index contributed by atoms with van der Waals surface area (Å²) in [5.74, 6) is -0.534. The number of esters is 2. The number of carbonyl (C=O) groups excluding carboxylic acids is 2. The smallest absolute Gasteiger partial charge is 0.320 e. The zero-order chi connectivity index (χ0) is 18.4. The van der Waals surface area contributed by atoms with Crippen molar-refractivity contribution in [3.8, 4) is 0 Å². The van der Waals surface area contributed by atoms with Crippen molar-refractivity contribution in [2.45, 2.75) is 65.7 Å². The number of benzene rings is 1. The van der Waals surface area contributed by atoms with Crippen LogP contribution < -0.4 is 5.32 Å². The van der Waals surface area contributed by atoms with E-state index in [1.54, 1.807) is 0 Å². The molecule has 1 rings (SSSR count). The number of hydrogen-bond acceptors (Lipinski definition) is 5. The predicted molar refractivity (Wildman–Crippen MR) is 93.5 cm³/mol. The van der Waals surface area contributed by atoms with Crippen molar-refractivity contribution in [2.75, 3.05) is 6.54 Å². The van der Waals surface area contributed by atoms with Gasteiger partial charge in [-0.05, 0) is 52.7 Å². The van der Waals surface area contributed by atoms with Crippen LogP contribution in [0.2, 0.25) is 0 Å². The van der Waals surface area contributed by atoms with Crippen LogP contribution in [0.1, 0.15) is 52.7 Å². The summed E-state index contributed by atoms with van der Waals surface area (Å²) in [4.78, 5) is 23.5. The van der Waals surface area contributed by atoms with Gasteiger partial charge in [0.2, 0.25) is 0 Å². The fourth-order valence-corrected chi connectivity index (χ4v) is 2.08. The third-order valence-corrected chi connectivity index (χ3v) is 2.78. The Labute approximate surface area is 144 Å². The summed E-state index contributed by atoms with van der Waals surface area (Å²) < 4.78 is 10.6. The molecule has 0 amide bonds. The first-order chi connectivity index (χ1) is 10.9. The topological polar surface area (TPSA) is 64.6 Å². The summed E-state index contributed by atoms with van der Waals surface area (Å²) in [7, 11) is 0. The summed E-state index contributed by atoms with van der Waals surface area (Å²) in [6.45, 7) is 11.7. The van der Waals surface area contributed by atoms with Crippen molar-refractivity contribution in [1.82, 2.24) is 5.32 Å². The fraction of sp³-hybridized carbons (Fsp3) is 0.579. The molecule has 5 nitrogen and oxygen atoms in total. The van der Waals surface area contributed by atoms with Gasteiger partial charge < -0.3 is 14.8 Å². The van der Waals surface area contributed by atoms with Crippen LogP contribution in [0.15, 0.2) is 24.3 Å². The van der Waals surface area contributed by atoms with Crippen molar-refractivity contribution < 1.29 is 19.1 Å². The normalized spacial score (nSPS) is 11.9. The SMILES string of the molecule is CC(C)(C)OC(=O)CNCc1cccc(CC(=O)OC(C)(C)C)c1. The van der Waals surface area contributed by atoms with Crippen molar-refractivity contribution >= 4 is 11.9 Å². The van der Waals surface area contributed by atoms with Gasteiger partial charge in [-0.2, -0.15) is 0 Å². The van der Waals surface area contributed by atoms with Gasteiger partial charge in [0, 0.05) is 6.54 Å². The van der Waals surface area contributed by atoms with E-state index in [1.807, 2.05) is 65.8 Å². The van der Waals surface area contributed by atoms with Gasteiger partial charge in [-0.1, -0.05) is 24.3 Å². The Morgan fingerprint density at radius 2 is 1.46 bits per heavy atom. The van der Waals surface area contributed by atoms with Gasteiger partial charge in [0.25, 0.3) is 0 Å². The van der Waals surface area contributed by atoms with E-state index in [9.17, 15) is 9.59 Å². The number of rotatable bonds is 6. The summed E-state index contributed by atoms with van der Waals surface area (Å²) in [5, 5.41) is 3.05. The third kappa shape index (κ3) is 9.30. The molecule has 0 fully saturated rings. The van der Waals surface area contributed by atoms with Crippen LogP contribution in [0.4, 0.5) is 0 Å². The average molecular weight is 335 g/mol. The Kier molecular flexibility index (Phi) is 6.96. The first-order valence-corrected chi connectivity index (χ1v) is 8.17. The Hall–Kier alpha value is -1.88. The molecule has 0 aliphatic rings. The molecule has 0 unspecified atom stereocenters. The third-order valence-electron chi connectivity index (χ3n) is 2.78. The maximum Gasteiger partial charge on any atom is 0.320 e. The lowest BCUT2D eigenvalue weighted by Crippen LogP contribution is -2.31. The van der Waals surface area contributed by atoms with Gasteiger partial charge in [0.05, 0.1) is 13.0 Å². The molecule has 5 heteroatoms. The lowest BCUT2D eigenvalue weighted by Gasteiger charge is -2.20. The molecule has 0 saturated carbocycles. The van der Waals surface area contributed by atoms with E-state index in [4.69, 9.17) is 9.47 Å². The Bertz CT molecular complexity index is 567. The number of hydrogen-bond donors (Lipinski definition) is 1. The molecule has 134 valence electrons. The maximum atomic E-state index is 11.9. The molecular weight excluding hydrogens is 306 g/mol. The van der Waals surface area contributed by atoms with E-state index in [1.165, 1.54) is 0 Å². The molecule has 0 atom stereocenters. The van der Waals surface area contributed by atoms with E-state index in [2.05, 4.69) is 5.32 Å². The largest absolute Gasteiger partial charge is 0.460 e. The molecular formula is C19H29NO4. The van der Waals surface area contributed by atoms with Crippen molar-refractivity contribution in [1.29, 1.82) is 0 Å². The fourth-order valence-electron chi connectivity index (χ4n) is 2.08. The molecule has 1 N–H and O–H groups in total. The second-order valence-electron chi connectivity index (χ2n) is 7.77. The molecule has 0 radical (unpaired) electrons. The zero-order valence-electron chi connectivity index (χ0n) is 15.6. The predicted octanol–water partition coefficient (Wildman–Crippen LogP) is 3.00. The zero-order valence-corrected chi connectivity index (χ0v) is 15.6. The maximum absolute atomic E-state index is 11.9. The minimum absolute atomic E-state index is 0.146. The van der Waals surface area contributed by atoms with Gasteiger partial charge in [0.1, 0.15) is 11.2 Å². The molecule has 1 aromatic carbocycles. The van der Waals surface area contributed by atoms with E-state index in [0.29, 0.717) is 6.54 Å². The van der Waals surface area contributed by atoms with E-state index in [0.717, 1.165) is 11.1 Å². The van der Waals surface area contributed by atoms with Gasteiger partial charge >= 0.3 is 11.9 Å². The molecule has 0 bridgehead atoms. The summed E-state index contributed by atoms with van der Waals surface area (Å²) in [5.41, 5.74) is 0.927. The molecule has 0 heterocycles. The van der Waals surface area contributed by atoms with Crippen LogP contribution >= 0.6 is 0 Å². The summed E-state index contributed by atoms with van der Waals surface area (Å²) >= 11 is 0. The number of carbonyl (C=O) groups is 2. The first-order valence-electron chi connectivity index (χ1n) is 8.17. The summed E-state index contributed by atoms with van der Waals surface area (Å²) in [6.07, 6.45) is 0.233. The highest BCUT2D eigenvalue weighted by Crippen LogP contribution is 2.12. The molecule has 24 heavy (non-hydrogen) atoms. The monoisotopic (exact) mass is 335 g/mol. The van der Waals surface area contributed by atoms with Gasteiger partial charge in [0.15, 0.2) is 0 Å². The lowest BCUT2D eigenvalue weighted by atomic mass is 10.1. The molecule has 1 aromatic rings. The average Bonchev–Trinajstić information content (AvgIpc) is 2.34. The Morgan fingerprint density at radius 3 is 2.04 bits per heavy atom. The van der Waals surface area contributed by atoms with Gasteiger partial charge in [-0.25, -0.2) is 0 Å². The van der Waals surface area contributed by atoms with Crippen LogP contribution in [-0.2, 0) is 32.0 Å². The highest BCUT2D eigenvalue weighted by atomic mass is 16.6. The van der Waals surface area contributed by atoms with Crippen LogP contribution in [0.25, 0.3) is 0 Å². The van der Waals surface area contributed by atoms with E-state index >= 15 is 0 Å². The van der Waals surface area contributed by atoms with Crippen molar-refractivity contribution in [2.24, 2.45) is 0 Å². The van der Waals surface area contributed by atoms with E-state index in [-0.39, 0.29) is 24.9 Å². The summed E-state index contributed by atoms with van der Waals surface area (Å²) in [6, 6.07) is 7.66. The molecule has 0 aliphatic heterocycles. The van der Waals surface area contributed by atoms with E-state index < -0.39 is 11.2 Å². The minimum atomic E-state index is -0.482. The van der Waals surface area contributed by atoms with Gasteiger partial charge in [-0.3, -0.25) is 9.59 Å². The van der Waals surface area contributed by atoms with Crippen molar-refractivity contribution in [3.05, 3.63) is 35.4 Å². The first kappa shape index (κ1) is 20.2. The molecule has 0 aliphatic carbocycles. The Balaban J connectivity index is 2.48. The quantitative estimate of drug-likeness (QED) is 0.810. The van der Waals surface area contributed by atoms with Crippen LogP contribution in [0.3, 0.4) is 0 Å². The molecule has 0 spiro atoms. The molecule has 0 aromatic heterocycles. The minimum Gasteiger partial charge on any atom is -0.460 e. The van der Waals surface area contributed by atoms with Crippen molar-refractivity contribution in [3.63, 3.8) is 0 Å². The number of ether oxygens (including phenoxy) is 2. The second-order valence-corrected chi connectivity index (χ2v) is 7.77. The van der Waals surface area contributed by atoms with Crippen LogP contribution in [0.5, 0.6) is 0 Å². The second kappa shape index (κ2) is 8.29. The van der Waals surface area contributed by atoms with Crippen LogP contribution in [-0.4, -0.2) is 29.7 Å². The molecule has 0 saturated heterocycles. The lowest BCUT2D eigenvalue weighted by molar-refractivity contribution is -0.154. The van der Waals surface area contributed by atoms with Gasteiger partial charge in [-0.15, -0.1) is 0 Å². The number of nitrogens with one attached hydrogen (secondary N) is 1. The highest BCUT2D eigenvalue weighted by molar-refractivity contribution is 5.73. The highest BCUT2D eigenvalue weighted by Gasteiger charge is 2.17. The van der Waals surface area contributed by atoms with Crippen LogP contribution in [0, 0.1) is 0 Å². The standard InChI is InChI=1S/C19H29NO4/c1-18(2,3)23-16(21)11-14-8-7-9-15(10-14)12-20-13-17(22)24-19(4,5)6/h7-10,20H,11-13H2,1-6H3.